The summed E-state index contributed by atoms with van der Waals surface area (Å²) < 4.78 is 0. The van der Waals surface area contributed by atoms with Gasteiger partial charge in [-0.3, -0.25) is 0 Å². The Bertz CT molecular complexity index is 2220. The van der Waals surface area contributed by atoms with Gasteiger partial charge in [-0.25, -0.2) is 0 Å². The molecule has 0 saturated heterocycles. The highest BCUT2D eigenvalue weighted by Crippen LogP contribution is 2.38. The Labute approximate surface area is 277 Å². The fourth-order valence-corrected chi connectivity index (χ4v) is 6.30. The molecule has 0 aliphatic rings. The van der Waals surface area contributed by atoms with Crippen LogP contribution in [0.1, 0.15) is 5.56 Å². The Balaban J connectivity index is 1.20. The van der Waals surface area contributed by atoms with Crippen molar-refractivity contribution in [1.82, 2.24) is 0 Å². The Kier molecular flexibility index (Phi) is 8.24. The van der Waals surface area contributed by atoms with Gasteiger partial charge in [0.1, 0.15) is 0 Å². The Morgan fingerprint density at radius 1 is 0.511 bits per heavy atom. The normalized spacial score (nSPS) is 11.4. The molecular formula is C45H36N2. The summed E-state index contributed by atoms with van der Waals surface area (Å²) in [6.07, 6.45) is 5.64. The average molecular weight is 605 g/mol. The fraction of sp³-hybridized carbons (Fsp3) is 0.0222. The number of rotatable bonds is 9. The average Bonchev–Trinajstić information content (AvgIpc) is 3.14. The molecule has 0 saturated carbocycles. The maximum absolute atomic E-state index is 3.98. The molecule has 0 bridgehead atoms. The van der Waals surface area contributed by atoms with Crippen molar-refractivity contribution in [3.8, 4) is 11.1 Å². The molecular weight excluding hydrogens is 569 g/mol. The number of benzene rings is 7. The highest BCUT2D eigenvalue weighted by molar-refractivity contribution is 5.96. The van der Waals surface area contributed by atoms with Crippen molar-refractivity contribution in [1.29, 1.82) is 0 Å². The van der Waals surface area contributed by atoms with Gasteiger partial charge in [0.25, 0.3) is 0 Å². The van der Waals surface area contributed by atoms with Crippen LogP contribution in [0.15, 0.2) is 189 Å². The smallest absolute Gasteiger partial charge is 0.0487 e. The van der Waals surface area contributed by atoms with Crippen LogP contribution in [0.2, 0.25) is 0 Å². The molecule has 0 fully saturated rings. The van der Waals surface area contributed by atoms with Gasteiger partial charge in [0, 0.05) is 40.9 Å². The highest BCUT2D eigenvalue weighted by atomic mass is 15.1. The van der Waals surface area contributed by atoms with E-state index in [4.69, 9.17) is 0 Å². The van der Waals surface area contributed by atoms with Gasteiger partial charge in [-0.05, 0) is 93.0 Å². The second-order valence-corrected chi connectivity index (χ2v) is 11.6. The van der Waals surface area contributed by atoms with E-state index in [1.807, 2.05) is 12.2 Å². The standard InChI is InChI=1S/C45H36N2/c1-4-11-33(5-2)35-20-27-41(28-21-35)47(43-31-24-34-12-6-7-14-39(34)32-43)42-29-22-37(23-30-42)36-18-25-40(26-19-36)46(3)45-17-10-15-38-13-8-9-16-44(38)45/h4-32H,1-2H2,3H3/b33-11+. The maximum atomic E-state index is 3.98. The van der Waals surface area contributed by atoms with Crippen LogP contribution in [0, 0.1) is 0 Å². The van der Waals surface area contributed by atoms with Crippen LogP contribution < -0.4 is 9.80 Å². The van der Waals surface area contributed by atoms with E-state index >= 15 is 0 Å². The first-order chi connectivity index (χ1) is 23.1. The van der Waals surface area contributed by atoms with Crippen LogP contribution in [0.25, 0.3) is 38.2 Å². The third kappa shape index (κ3) is 5.97. The van der Waals surface area contributed by atoms with E-state index in [0.717, 1.165) is 33.9 Å². The third-order valence-electron chi connectivity index (χ3n) is 8.81. The zero-order valence-corrected chi connectivity index (χ0v) is 26.6. The summed E-state index contributed by atoms with van der Waals surface area (Å²) in [5.41, 5.74) is 10.1. The van der Waals surface area contributed by atoms with Gasteiger partial charge in [0.15, 0.2) is 0 Å². The SMILES string of the molecule is C=C/C=C(\C=C)c1ccc(N(c2ccc(-c3ccc(N(C)c4cccc5ccccc45)cc3)cc2)c2ccc3ccccc3c2)cc1. The van der Waals surface area contributed by atoms with E-state index in [0.29, 0.717) is 0 Å². The number of allylic oxidation sites excluding steroid dienone is 4. The van der Waals surface area contributed by atoms with E-state index in [1.165, 1.54) is 38.4 Å². The van der Waals surface area contributed by atoms with E-state index in [-0.39, 0.29) is 0 Å². The molecule has 0 amide bonds. The summed E-state index contributed by atoms with van der Waals surface area (Å²) in [7, 11) is 2.13. The molecule has 226 valence electrons. The van der Waals surface area contributed by atoms with Crippen molar-refractivity contribution in [2.24, 2.45) is 0 Å². The number of anilines is 5. The van der Waals surface area contributed by atoms with Crippen molar-refractivity contribution < 1.29 is 0 Å². The van der Waals surface area contributed by atoms with Gasteiger partial charge in [0.05, 0.1) is 0 Å². The van der Waals surface area contributed by atoms with Gasteiger partial charge in [0.2, 0.25) is 0 Å². The monoisotopic (exact) mass is 604 g/mol. The van der Waals surface area contributed by atoms with Crippen LogP contribution in [0.5, 0.6) is 0 Å². The molecule has 7 aromatic carbocycles. The van der Waals surface area contributed by atoms with Crippen molar-refractivity contribution in [2.75, 3.05) is 16.8 Å². The minimum absolute atomic E-state index is 1.04. The Hall–Kier alpha value is -6.12. The summed E-state index contributed by atoms with van der Waals surface area (Å²) in [6, 6.07) is 56.4. The zero-order valence-electron chi connectivity index (χ0n) is 26.6. The lowest BCUT2D eigenvalue weighted by Crippen LogP contribution is -2.10. The van der Waals surface area contributed by atoms with Crippen molar-refractivity contribution in [3.05, 3.63) is 195 Å². The number of nitrogens with zero attached hydrogens (tertiary/aromatic N) is 2. The van der Waals surface area contributed by atoms with Gasteiger partial charge in [-0.15, -0.1) is 0 Å². The number of hydrogen-bond donors (Lipinski definition) is 0. The Morgan fingerprint density at radius 2 is 1.06 bits per heavy atom. The summed E-state index contributed by atoms with van der Waals surface area (Å²) >= 11 is 0. The maximum Gasteiger partial charge on any atom is 0.0487 e. The summed E-state index contributed by atoms with van der Waals surface area (Å²) in [5, 5.41) is 4.92. The van der Waals surface area contributed by atoms with Gasteiger partial charge in [-0.2, -0.15) is 0 Å². The molecule has 0 atom stereocenters. The minimum atomic E-state index is 1.04. The first kappa shape index (κ1) is 29.6. The van der Waals surface area contributed by atoms with Gasteiger partial charge in [-0.1, -0.05) is 135 Å². The first-order valence-electron chi connectivity index (χ1n) is 15.9. The predicted octanol–water partition coefficient (Wildman–Crippen LogP) is 12.7. The van der Waals surface area contributed by atoms with Gasteiger partial charge >= 0.3 is 0 Å². The minimum Gasteiger partial charge on any atom is -0.344 e. The predicted molar refractivity (Wildman–Crippen MR) is 204 cm³/mol. The van der Waals surface area contributed by atoms with Gasteiger partial charge < -0.3 is 9.80 Å². The first-order valence-corrected chi connectivity index (χ1v) is 15.9. The highest BCUT2D eigenvalue weighted by Gasteiger charge is 2.14. The zero-order chi connectivity index (χ0) is 32.2. The lowest BCUT2D eigenvalue weighted by Gasteiger charge is -2.26. The molecule has 0 aliphatic heterocycles. The summed E-state index contributed by atoms with van der Waals surface area (Å²) in [6.45, 7) is 7.83. The molecule has 2 nitrogen and oxygen atoms in total. The molecule has 0 aromatic heterocycles. The van der Waals surface area contributed by atoms with Crippen LogP contribution in [-0.2, 0) is 0 Å². The third-order valence-corrected chi connectivity index (χ3v) is 8.81. The lowest BCUT2D eigenvalue weighted by molar-refractivity contribution is 1.22. The molecule has 7 aromatic rings. The number of fused-ring (bicyclic) bond motifs is 2. The molecule has 0 unspecified atom stereocenters. The molecule has 47 heavy (non-hydrogen) atoms. The molecule has 0 aliphatic carbocycles. The fourth-order valence-electron chi connectivity index (χ4n) is 6.30. The second-order valence-electron chi connectivity index (χ2n) is 11.6. The molecule has 0 heterocycles. The summed E-state index contributed by atoms with van der Waals surface area (Å²) in [4.78, 5) is 4.57. The summed E-state index contributed by atoms with van der Waals surface area (Å²) in [5.74, 6) is 0. The van der Waals surface area contributed by atoms with Crippen molar-refractivity contribution in [3.63, 3.8) is 0 Å². The molecule has 0 radical (unpaired) electrons. The largest absolute Gasteiger partial charge is 0.344 e. The number of hydrogen-bond acceptors (Lipinski definition) is 2. The molecule has 2 heteroatoms. The van der Waals surface area contributed by atoms with Crippen LogP contribution >= 0.6 is 0 Å². The lowest BCUT2D eigenvalue weighted by atomic mass is 10.0. The molecule has 7 rings (SSSR count). The topological polar surface area (TPSA) is 6.48 Å². The molecule has 0 N–H and O–H groups in total. The van der Waals surface area contributed by atoms with E-state index in [1.54, 1.807) is 6.08 Å². The van der Waals surface area contributed by atoms with E-state index in [9.17, 15) is 0 Å². The van der Waals surface area contributed by atoms with Crippen molar-refractivity contribution in [2.45, 2.75) is 0 Å². The Morgan fingerprint density at radius 3 is 1.72 bits per heavy atom. The quantitative estimate of drug-likeness (QED) is 0.151. The van der Waals surface area contributed by atoms with E-state index < -0.39 is 0 Å². The van der Waals surface area contributed by atoms with Crippen LogP contribution in [0.4, 0.5) is 28.4 Å². The van der Waals surface area contributed by atoms with Crippen LogP contribution in [-0.4, -0.2) is 7.05 Å². The van der Waals surface area contributed by atoms with Crippen LogP contribution in [0.3, 0.4) is 0 Å². The molecule has 0 spiro atoms. The van der Waals surface area contributed by atoms with Crippen molar-refractivity contribution >= 4 is 55.6 Å². The second kappa shape index (κ2) is 13.1. The van der Waals surface area contributed by atoms with E-state index in [2.05, 4.69) is 188 Å².